The van der Waals surface area contributed by atoms with Crippen molar-refractivity contribution in [3.63, 3.8) is 0 Å². The number of rotatable bonds is 6. The highest BCUT2D eigenvalue weighted by atomic mass is 16.5. The average molecular weight is 370 g/mol. The molecule has 0 aliphatic heterocycles. The van der Waals surface area contributed by atoms with Crippen molar-refractivity contribution >= 4 is 22.6 Å². The van der Waals surface area contributed by atoms with E-state index >= 15 is 0 Å². The van der Waals surface area contributed by atoms with Gasteiger partial charge >= 0.3 is 5.97 Å². The Morgan fingerprint density at radius 1 is 1.33 bits per heavy atom. The van der Waals surface area contributed by atoms with Gasteiger partial charge in [0.2, 0.25) is 0 Å². The Hall–Kier alpha value is -3.00. The van der Waals surface area contributed by atoms with Crippen molar-refractivity contribution in [3.8, 4) is 0 Å². The minimum Gasteiger partial charge on any atom is -0.462 e. The molecule has 142 valence electrons. The predicted octanol–water partition coefficient (Wildman–Crippen LogP) is 1.65. The van der Waals surface area contributed by atoms with Crippen molar-refractivity contribution in [1.29, 1.82) is 5.41 Å². The third-order valence-electron chi connectivity index (χ3n) is 4.28. The van der Waals surface area contributed by atoms with Crippen molar-refractivity contribution in [1.82, 2.24) is 14.0 Å². The summed E-state index contributed by atoms with van der Waals surface area (Å²) < 4.78 is 13.2. The highest BCUT2D eigenvalue weighted by Gasteiger charge is 2.18. The van der Waals surface area contributed by atoms with E-state index in [4.69, 9.17) is 14.9 Å². The van der Waals surface area contributed by atoms with Crippen LogP contribution in [-0.2, 0) is 16.0 Å². The van der Waals surface area contributed by atoms with Gasteiger partial charge in [-0.2, -0.15) is 0 Å². The molecule has 3 rings (SSSR count). The quantitative estimate of drug-likeness (QED) is 0.404. The van der Waals surface area contributed by atoms with E-state index in [1.54, 1.807) is 30.9 Å². The molecule has 0 spiro atoms. The van der Waals surface area contributed by atoms with Crippen LogP contribution in [0.3, 0.4) is 0 Å². The van der Waals surface area contributed by atoms with Crippen molar-refractivity contribution in [3.05, 3.63) is 51.4 Å². The Balaban J connectivity index is 2.36. The van der Waals surface area contributed by atoms with Crippen LogP contribution in [0.1, 0.15) is 29.3 Å². The van der Waals surface area contributed by atoms with Crippen LogP contribution in [0.15, 0.2) is 29.2 Å². The van der Waals surface area contributed by atoms with Crippen molar-refractivity contribution in [2.24, 2.45) is 0 Å². The van der Waals surface area contributed by atoms with Gasteiger partial charge in [-0.3, -0.25) is 14.6 Å². The van der Waals surface area contributed by atoms with Gasteiger partial charge in [0.05, 0.1) is 12.0 Å². The fraction of sp³-hybridized carbons (Fsp3) is 0.368. The van der Waals surface area contributed by atoms with Gasteiger partial charge in [-0.15, -0.1) is 0 Å². The van der Waals surface area contributed by atoms with Crippen molar-refractivity contribution in [2.45, 2.75) is 26.8 Å². The lowest BCUT2D eigenvalue weighted by molar-refractivity contribution is 0.0523. The van der Waals surface area contributed by atoms with Crippen LogP contribution >= 0.6 is 0 Å². The number of methoxy groups -OCH3 is 1. The molecule has 0 radical (unpaired) electrons. The number of aromatic nitrogens is 3. The number of esters is 1. The summed E-state index contributed by atoms with van der Waals surface area (Å²) in [6.07, 6.45) is 2.32. The maximum Gasteiger partial charge on any atom is 0.341 e. The van der Waals surface area contributed by atoms with E-state index in [0.717, 1.165) is 5.56 Å². The number of hydrogen-bond acceptors (Lipinski definition) is 6. The Labute approximate surface area is 155 Å². The first-order valence-electron chi connectivity index (χ1n) is 8.75. The minimum atomic E-state index is -0.626. The lowest BCUT2D eigenvalue weighted by Gasteiger charge is -2.14. The summed E-state index contributed by atoms with van der Waals surface area (Å²) in [5, 5.41) is 8.73. The van der Waals surface area contributed by atoms with Gasteiger partial charge in [0.15, 0.2) is 0 Å². The third-order valence-corrected chi connectivity index (χ3v) is 4.28. The Bertz CT molecular complexity index is 1130. The molecule has 1 N–H and O–H groups in total. The number of carbonyl (C=O) groups excluding carboxylic acids is 1. The average Bonchev–Trinajstić information content (AvgIpc) is 2.64. The number of aryl methyl sites for hydroxylation is 2. The summed E-state index contributed by atoms with van der Waals surface area (Å²) in [6.45, 7) is 4.65. The number of fused-ring (bicyclic) bond motifs is 2. The first-order chi connectivity index (χ1) is 13.0. The molecule has 3 aromatic heterocycles. The van der Waals surface area contributed by atoms with Crippen LogP contribution in [0.25, 0.3) is 16.7 Å². The van der Waals surface area contributed by atoms with E-state index in [9.17, 15) is 9.59 Å². The third kappa shape index (κ3) is 3.48. The molecule has 3 aromatic rings. The van der Waals surface area contributed by atoms with Crippen LogP contribution < -0.4 is 11.0 Å². The molecule has 3 heterocycles. The van der Waals surface area contributed by atoms with Crippen LogP contribution in [0.4, 0.5) is 0 Å². The summed E-state index contributed by atoms with van der Waals surface area (Å²) in [5.74, 6) is -0.626. The van der Waals surface area contributed by atoms with Crippen LogP contribution in [-0.4, -0.2) is 40.2 Å². The van der Waals surface area contributed by atoms with E-state index < -0.39 is 5.97 Å². The normalized spacial score (nSPS) is 11.2. The number of nitrogens with zero attached hydrogens (tertiary/aromatic N) is 3. The second-order valence-electron chi connectivity index (χ2n) is 6.21. The molecule has 0 aliphatic carbocycles. The lowest BCUT2D eigenvalue weighted by atomic mass is 10.2. The summed E-state index contributed by atoms with van der Waals surface area (Å²) in [6, 6.07) is 5.04. The zero-order valence-corrected chi connectivity index (χ0v) is 15.6. The first-order valence-corrected chi connectivity index (χ1v) is 8.75. The number of carbonyl (C=O) groups is 1. The largest absolute Gasteiger partial charge is 0.462 e. The van der Waals surface area contributed by atoms with Crippen molar-refractivity contribution < 1.29 is 14.3 Å². The monoisotopic (exact) mass is 370 g/mol. The summed E-state index contributed by atoms with van der Waals surface area (Å²) in [4.78, 5) is 29.9. The van der Waals surface area contributed by atoms with Gasteiger partial charge < -0.3 is 14.0 Å². The Morgan fingerprint density at radius 2 is 2.11 bits per heavy atom. The van der Waals surface area contributed by atoms with Gasteiger partial charge in [-0.25, -0.2) is 9.78 Å². The molecule has 0 aliphatic rings. The summed E-state index contributed by atoms with van der Waals surface area (Å²) in [7, 11) is 1.60. The molecule has 0 saturated carbocycles. The fourth-order valence-corrected chi connectivity index (χ4v) is 2.99. The summed E-state index contributed by atoms with van der Waals surface area (Å²) >= 11 is 0. The predicted molar refractivity (Wildman–Crippen MR) is 100.0 cm³/mol. The maximum atomic E-state index is 13.0. The Morgan fingerprint density at radius 3 is 2.81 bits per heavy atom. The number of nitrogens with one attached hydrogen (secondary N) is 1. The van der Waals surface area contributed by atoms with E-state index in [-0.39, 0.29) is 28.6 Å². The molecule has 0 saturated heterocycles. The Kier molecular flexibility index (Phi) is 5.36. The van der Waals surface area contributed by atoms with E-state index in [0.29, 0.717) is 30.9 Å². The van der Waals surface area contributed by atoms with Gasteiger partial charge in [-0.05, 0) is 38.0 Å². The maximum absolute atomic E-state index is 13.0. The second kappa shape index (κ2) is 7.71. The molecule has 0 bridgehead atoms. The number of pyridine rings is 2. The molecular weight excluding hydrogens is 348 g/mol. The van der Waals surface area contributed by atoms with Crippen LogP contribution in [0.5, 0.6) is 0 Å². The SMILES string of the molecule is CCOC(=O)c1cc2c(=O)n3cc(C)ccc3nc2n(CCCOC)c1=N. The second-order valence-corrected chi connectivity index (χ2v) is 6.21. The molecule has 8 heteroatoms. The first kappa shape index (κ1) is 18.8. The lowest BCUT2D eigenvalue weighted by Crippen LogP contribution is -2.31. The zero-order valence-electron chi connectivity index (χ0n) is 15.6. The fourth-order valence-electron chi connectivity index (χ4n) is 2.99. The molecule has 27 heavy (non-hydrogen) atoms. The van der Waals surface area contributed by atoms with Crippen LogP contribution in [0.2, 0.25) is 0 Å². The van der Waals surface area contributed by atoms with Crippen molar-refractivity contribution in [2.75, 3.05) is 20.3 Å². The molecule has 0 atom stereocenters. The van der Waals surface area contributed by atoms with Gasteiger partial charge in [0.25, 0.3) is 5.56 Å². The van der Waals surface area contributed by atoms with E-state index in [1.807, 2.05) is 13.0 Å². The molecule has 0 amide bonds. The minimum absolute atomic E-state index is 0.0274. The van der Waals surface area contributed by atoms with Gasteiger partial charge in [0, 0.05) is 26.5 Å². The number of hydrogen-bond donors (Lipinski definition) is 1. The highest BCUT2D eigenvalue weighted by Crippen LogP contribution is 2.12. The smallest absolute Gasteiger partial charge is 0.341 e. The standard InChI is InChI=1S/C19H22N4O4/c1-4-27-19(25)13-10-14-17(22(16(13)20)8-5-9-26-3)21-15-7-6-12(2)11-23(15)18(14)24/h6-7,10-11,20H,4-5,8-9H2,1-3H3. The summed E-state index contributed by atoms with van der Waals surface area (Å²) in [5.41, 5.74) is 1.51. The van der Waals surface area contributed by atoms with Crippen LogP contribution in [0, 0.1) is 12.3 Å². The zero-order chi connectivity index (χ0) is 19.6. The molecule has 0 fully saturated rings. The topological polar surface area (TPSA) is 98.7 Å². The molecule has 8 nitrogen and oxygen atoms in total. The molecule has 0 aromatic carbocycles. The molecule has 0 unspecified atom stereocenters. The highest BCUT2D eigenvalue weighted by molar-refractivity contribution is 5.93. The van der Waals surface area contributed by atoms with E-state index in [1.165, 1.54) is 10.5 Å². The number of ether oxygens (including phenoxy) is 2. The van der Waals surface area contributed by atoms with E-state index in [2.05, 4.69) is 4.98 Å². The van der Waals surface area contributed by atoms with Gasteiger partial charge in [0.1, 0.15) is 22.3 Å². The van der Waals surface area contributed by atoms with Gasteiger partial charge in [-0.1, -0.05) is 6.07 Å². The molecular formula is C19H22N4O4.